The van der Waals surface area contributed by atoms with Crippen LogP contribution in [-0.2, 0) is 9.05 Å². The minimum Gasteiger partial charge on any atom is -0.321 e. The van der Waals surface area contributed by atoms with Crippen LogP contribution >= 0.6 is 30.1 Å². The lowest BCUT2D eigenvalue weighted by Gasteiger charge is -2.39. The molecule has 4 nitrogen and oxygen atoms in total. The van der Waals surface area contributed by atoms with E-state index in [1.54, 1.807) is 0 Å². The molecule has 3 atom stereocenters. The van der Waals surface area contributed by atoms with Gasteiger partial charge >= 0.3 is 0 Å². The van der Waals surface area contributed by atoms with Crippen molar-refractivity contribution in [1.29, 1.82) is 5.26 Å². The monoisotopic (exact) mass is 440 g/mol. The number of nitrogens with zero attached hydrogens (tertiary/aromatic N) is 2. The van der Waals surface area contributed by atoms with Crippen LogP contribution in [0.1, 0.15) is 64.3 Å². The Balaban J connectivity index is 2.28. The van der Waals surface area contributed by atoms with Gasteiger partial charge in [-0.3, -0.25) is 0 Å². The topological polar surface area (TPSA) is 45.5 Å². The van der Waals surface area contributed by atoms with E-state index < -0.39 is 8.53 Å². The summed E-state index contributed by atoms with van der Waals surface area (Å²) in [6.45, 7) is 15.7. The number of rotatable bonds is 9. The van der Waals surface area contributed by atoms with Crippen LogP contribution in [0.5, 0.6) is 0 Å². The van der Waals surface area contributed by atoms with Gasteiger partial charge < -0.3 is 9.05 Å². The van der Waals surface area contributed by atoms with Crippen molar-refractivity contribution in [2.24, 2.45) is 0 Å². The average Bonchev–Trinajstić information content (AvgIpc) is 2.90. The average molecular weight is 441 g/mol. The van der Waals surface area contributed by atoms with Gasteiger partial charge in [-0.2, -0.15) is 5.26 Å². The molecule has 0 aromatic heterocycles. The van der Waals surface area contributed by atoms with Crippen LogP contribution in [-0.4, -0.2) is 34.2 Å². The van der Waals surface area contributed by atoms with E-state index in [2.05, 4.69) is 83.5 Å². The summed E-state index contributed by atoms with van der Waals surface area (Å²) < 4.78 is 15.2. The highest BCUT2D eigenvalue weighted by Gasteiger charge is 2.48. The van der Waals surface area contributed by atoms with Crippen LogP contribution in [0.3, 0.4) is 0 Å². The highest BCUT2D eigenvalue weighted by atomic mass is 33.1. The fourth-order valence-electron chi connectivity index (χ4n) is 3.20. The lowest BCUT2D eigenvalue weighted by Crippen LogP contribution is -2.39. The molecule has 1 aliphatic heterocycles. The second kappa shape index (κ2) is 10.7. The van der Waals surface area contributed by atoms with Gasteiger partial charge in [0.2, 0.25) is 0 Å². The van der Waals surface area contributed by atoms with E-state index in [4.69, 9.17) is 14.3 Å². The summed E-state index contributed by atoms with van der Waals surface area (Å²) >= 11 is 0. The van der Waals surface area contributed by atoms with Crippen molar-refractivity contribution in [2.45, 2.75) is 83.1 Å². The molecule has 1 unspecified atom stereocenters. The normalized spacial score (nSPS) is 22.8. The van der Waals surface area contributed by atoms with Crippen molar-refractivity contribution < 1.29 is 9.05 Å². The predicted molar refractivity (Wildman–Crippen MR) is 123 cm³/mol. The molecule has 156 valence electrons. The summed E-state index contributed by atoms with van der Waals surface area (Å²) in [5, 5.41) is 9.19. The molecule has 0 radical (unpaired) electrons. The third kappa shape index (κ3) is 6.11. The molecule has 0 saturated carbocycles. The van der Waals surface area contributed by atoms with Crippen LogP contribution < -0.4 is 0 Å². The first-order chi connectivity index (χ1) is 13.2. The summed E-state index contributed by atoms with van der Waals surface area (Å²) in [6, 6.07) is 11.5. The van der Waals surface area contributed by atoms with Gasteiger partial charge in [0.25, 0.3) is 8.53 Å². The molecule has 2 rings (SSSR count). The van der Waals surface area contributed by atoms with E-state index in [9.17, 15) is 0 Å². The molecule has 1 aromatic rings. The van der Waals surface area contributed by atoms with Gasteiger partial charge in [0.1, 0.15) is 0 Å². The van der Waals surface area contributed by atoms with Crippen molar-refractivity contribution in [2.75, 3.05) is 6.61 Å². The Morgan fingerprint density at radius 1 is 1.18 bits per heavy atom. The standard InChI is InChI=1S/C21H33N2O2PS2/c1-15(2)23(16(3)4)26(24-14-8-13-22)25-20-19(27-28-21(20,6)7)18-11-9-17(5)10-12-18/h9-12,15-16,19-20H,8,14H2,1-7H3/t19-,20-,26?/m0/s1. The van der Waals surface area contributed by atoms with Gasteiger partial charge in [0.15, 0.2) is 0 Å². The van der Waals surface area contributed by atoms with Crippen LogP contribution in [0.15, 0.2) is 24.3 Å². The maximum absolute atomic E-state index is 8.93. The zero-order valence-corrected chi connectivity index (χ0v) is 20.5. The van der Waals surface area contributed by atoms with E-state index in [0.29, 0.717) is 25.1 Å². The maximum Gasteiger partial charge on any atom is 0.259 e. The van der Waals surface area contributed by atoms with Gasteiger partial charge in [-0.25, -0.2) is 4.67 Å². The first kappa shape index (κ1) is 24.0. The summed E-state index contributed by atoms with van der Waals surface area (Å²) in [6.07, 6.45) is 0.406. The van der Waals surface area contributed by atoms with Crippen LogP contribution in [0.2, 0.25) is 0 Å². The summed E-state index contributed by atoms with van der Waals surface area (Å²) in [5.74, 6) is 0. The van der Waals surface area contributed by atoms with Crippen LogP contribution in [0, 0.1) is 18.3 Å². The van der Waals surface area contributed by atoms with E-state index >= 15 is 0 Å². The first-order valence-electron chi connectivity index (χ1n) is 9.83. The van der Waals surface area contributed by atoms with Crippen LogP contribution in [0.25, 0.3) is 0 Å². The smallest absolute Gasteiger partial charge is 0.259 e. The molecule has 0 amide bonds. The molecular formula is C21H33N2O2PS2. The highest BCUT2D eigenvalue weighted by Crippen LogP contribution is 2.63. The minimum atomic E-state index is -1.25. The molecule has 0 aliphatic carbocycles. The van der Waals surface area contributed by atoms with Crippen molar-refractivity contribution >= 4 is 30.1 Å². The largest absolute Gasteiger partial charge is 0.321 e. The Hall–Kier alpha value is -0.280. The third-order valence-corrected chi connectivity index (χ3v) is 10.4. The lowest BCUT2D eigenvalue weighted by molar-refractivity contribution is 0.114. The van der Waals surface area contributed by atoms with Crippen molar-refractivity contribution in [3.05, 3.63) is 35.4 Å². The molecule has 1 saturated heterocycles. The molecule has 0 bridgehead atoms. The Morgan fingerprint density at radius 2 is 1.79 bits per heavy atom. The fraction of sp³-hybridized carbons (Fsp3) is 0.667. The molecule has 0 N–H and O–H groups in total. The lowest BCUT2D eigenvalue weighted by atomic mass is 9.97. The van der Waals surface area contributed by atoms with Crippen molar-refractivity contribution in [3.8, 4) is 6.07 Å². The number of hydrogen-bond acceptors (Lipinski definition) is 6. The molecule has 1 heterocycles. The number of hydrogen-bond donors (Lipinski definition) is 0. The molecule has 28 heavy (non-hydrogen) atoms. The van der Waals surface area contributed by atoms with Crippen molar-refractivity contribution in [1.82, 2.24) is 4.67 Å². The highest BCUT2D eigenvalue weighted by molar-refractivity contribution is 8.77. The number of aryl methyl sites for hydroxylation is 1. The van der Waals surface area contributed by atoms with Gasteiger partial charge in [-0.1, -0.05) is 51.4 Å². The van der Waals surface area contributed by atoms with Gasteiger partial charge in [0, 0.05) is 16.8 Å². The van der Waals surface area contributed by atoms with Gasteiger partial charge in [-0.15, -0.1) is 0 Å². The molecule has 7 heteroatoms. The Kier molecular flexibility index (Phi) is 9.13. The van der Waals surface area contributed by atoms with E-state index in [0.717, 1.165) is 0 Å². The molecule has 0 spiro atoms. The summed E-state index contributed by atoms with van der Waals surface area (Å²) in [5.41, 5.74) is 2.57. The molecule has 1 aliphatic rings. The second-order valence-corrected chi connectivity index (χ2v) is 12.6. The van der Waals surface area contributed by atoms with Gasteiger partial charge in [-0.05, 0) is 54.0 Å². The van der Waals surface area contributed by atoms with E-state index in [1.807, 2.05) is 21.6 Å². The second-order valence-electron chi connectivity index (χ2n) is 8.19. The van der Waals surface area contributed by atoms with Gasteiger partial charge in [0.05, 0.1) is 30.5 Å². The Labute approximate surface area is 180 Å². The van der Waals surface area contributed by atoms with E-state index in [-0.39, 0.29) is 16.1 Å². The first-order valence-corrected chi connectivity index (χ1v) is 13.2. The van der Waals surface area contributed by atoms with E-state index in [1.165, 1.54) is 11.1 Å². The quantitative estimate of drug-likeness (QED) is 0.237. The maximum atomic E-state index is 8.93. The summed E-state index contributed by atoms with van der Waals surface area (Å²) in [7, 11) is 2.53. The predicted octanol–water partition coefficient (Wildman–Crippen LogP) is 6.87. The Bertz CT molecular complexity index is 653. The third-order valence-electron chi connectivity index (χ3n) is 4.60. The molecule has 1 fully saturated rings. The zero-order chi connectivity index (χ0) is 20.9. The minimum absolute atomic E-state index is 0.0263. The van der Waals surface area contributed by atoms with Crippen LogP contribution in [0.4, 0.5) is 0 Å². The number of benzene rings is 1. The zero-order valence-electron chi connectivity index (χ0n) is 18.0. The fourth-order valence-corrected chi connectivity index (χ4v) is 8.69. The van der Waals surface area contributed by atoms with Crippen molar-refractivity contribution in [3.63, 3.8) is 0 Å². The summed E-state index contributed by atoms with van der Waals surface area (Å²) in [4.78, 5) is 0. The molecular weight excluding hydrogens is 407 g/mol. The number of nitriles is 1. The SMILES string of the molecule is Cc1ccc([C@@H]2SSC(C)(C)[C@H]2OP(OCCC#N)N(C(C)C)C(C)C)cc1. The Morgan fingerprint density at radius 3 is 2.32 bits per heavy atom. The molecule has 1 aromatic carbocycles.